The van der Waals surface area contributed by atoms with Gasteiger partial charge in [-0.25, -0.2) is 0 Å². The molecular formula is C9H9BrF3NO. The summed E-state index contributed by atoms with van der Waals surface area (Å²) in [7, 11) is 1.71. The van der Waals surface area contributed by atoms with Gasteiger partial charge in [-0.3, -0.25) is 0 Å². The molecule has 1 rings (SSSR count). The maximum absolute atomic E-state index is 11.9. The molecule has 0 amide bonds. The van der Waals surface area contributed by atoms with Gasteiger partial charge in [0, 0.05) is 11.0 Å². The second-order valence-corrected chi connectivity index (χ2v) is 3.79. The van der Waals surface area contributed by atoms with Gasteiger partial charge < -0.3 is 10.1 Å². The largest absolute Gasteiger partial charge is 0.573 e. The summed E-state index contributed by atoms with van der Waals surface area (Å²) in [6.45, 7) is 0.480. The molecule has 6 heteroatoms. The highest BCUT2D eigenvalue weighted by Crippen LogP contribution is 2.27. The van der Waals surface area contributed by atoms with E-state index >= 15 is 0 Å². The fourth-order valence-electron chi connectivity index (χ4n) is 1.12. The average molecular weight is 284 g/mol. The molecule has 0 aliphatic rings. The van der Waals surface area contributed by atoms with E-state index in [0.29, 0.717) is 16.6 Å². The van der Waals surface area contributed by atoms with Gasteiger partial charge in [-0.15, -0.1) is 13.2 Å². The Morgan fingerprint density at radius 3 is 2.53 bits per heavy atom. The molecule has 1 aromatic carbocycles. The van der Waals surface area contributed by atoms with E-state index in [0.717, 1.165) is 0 Å². The molecule has 0 saturated heterocycles. The molecular weight excluding hydrogens is 275 g/mol. The summed E-state index contributed by atoms with van der Waals surface area (Å²) in [5.41, 5.74) is 0.714. The number of hydrogen-bond donors (Lipinski definition) is 1. The van der Waals surface area contributed by atoms with Crippen LogP contribution in [0.3, 0.4) is 0 Å². The lowest BCUT2D eigenvalue weighted by atomic mass is 10.2. The van der Waals surface area contributed by atoms with Crippen molar-refractivity contribution in [3.63, 3.8) is 0 Å². The molecule has 1 aromatic rings. The first kappa shape index (κ1) is 12.3. The number of hydrogen-bond acceptors (Lipinski definition) is 2. The van der Waals surface area contributed by atoms with Gasteiger partial charge in [0.2, 0.25) is 0 Å². The number of rotatable bonds is 3. The predicted molar refractivity (Wildman–Crippen MR) is 53.6 cm³/mol. The Kier molecular flexibility index (Phi) is 3.98. The Hall–Kier alpha value is -0.750. The van der Waals surface area contributed by atoms with E-state index in [-0.39, 0.29) is 5.75 Å². The highest BCUT2D eigenvalue weighted by atomic mass is 79.9. The summed E-state index contributed by atoms with van der Waals surface area (Å²) in [6.07, 6.45) is -4.66. The summed E-state index contributed by atoms with van der Waals surface area (Å²) in [5, 5.41) is 2.84. The van der Waals surface area contributed by atoms with Gasteiger partial charge in [0.1, 0.15) is 5.75 Å². The van der Waals surface area contributed by atoms with Crippen LogP contribution in [0.15, 0.2) is 22.7 Å². The van der Waals surface area contributed by atoms with Gasteiger partial charge in [-0.1, -0.05) is 15.9 Å². The highest BCUT2D eigenvalue weighted by Gasteiger charge is 2.31. The normalized spacial score (nSPS) is 11.5. The second kappa shape index (κ2) is 4.85. The first-order valence-electron chi connectivity index (χ1n) is 4.10. The van der Waals surface area contributed by atoms with Gasteiger partial charge >= 0.3 is 6.36 Å². The van der Waals surface area contributed by atoms with Gasteiger partial charge in [-0.05, 0) is 30.8 Å². The van der Waals surface area contributed by atoms with E-state index in [1.165, 1.54) is 12.1 Å². The summed E-state index contributed by atoms with van der Waals surface area (Å²) in [6, 6.07) is 4.33. The summed E-state index contributed by atoms with van der Waals surface area (Å²) in [5.74, 6) is -0.220. The van der Waals surface area contributed by atoms with Crippen molar-refractivity contribution < 1.29 is 17.9 Å². The van der Waals surface area contributed by atoms with Crippen LogP contribution < -0.4 is 10.1 Å². The van der Waals surface area contributed by atoms with Crippen LogP contribution >= 0.6 is 15.9 Å². The minimum Gasteiger partial charge on any atom is -0.406 e. The van der Waals surface area contributed by atoms with E-state index < -0.39 is 6.36 Å². The van der Waals surface area contributed by atoms with Gasteiger partial charge in [-0.2, -0.15) is 0 Å². The second-order valence-electron chi connectivity index (χ2n) is 2.87. The molecule has 0 bridgehead atoms. The SMILES string of the molecule is CNCc1cc(Br)cc(OC(F)(F)F)c1. The number of halogens is 4. The molecule has 0 heterocycles. The van der Waals surface area contributed by atoms with Crippen LogP contribution in [0.25, 0.3) is 0 Å². The van der Waals surface area contributed by atoms with Crippen LogP contribution in [0.2, 0.25) is 0 Å². The van der Waals surface area contributed by atoms with Crippen molar-refractivity contribution in [1.29, 1.82) is 0 Å². The van der Waals surface area contributed by atoms with Crippen molar-refractivity contribution in [1.82, 2.24) is 5.32 Å². The van der Waals surface area contributed by atoms with E-state index in [2.05, 4.69) is 26.0 Å². The molecule has 0 aliphatic carbocycles. The zero-order chi connectivity index (χ0) is 11.5. The molecule has 2 nitrogen and oxygen atoms in total. The molecule has 0 fully saturated rings. The lowest BCUT2D eigenvalue weighted by molar-refractivity contribution is -0.274. The quantitative estimate of drug-likeness (QED) is 0.921. The molecule has 15 heavy (non-hydrogen) atoms. The molecule has 0 radical (unpaired) electrons. The summed E-state index contributed by atoms with van der Waals surface area (Å²) < 4.78 is 40.2. The fraction of sp³-hybridized carbons (Fsp3) is 0.333. The fourth-order valence-corrected chi connectivity index (χ4v) is 1.64. The predicted octanol–water partition coefficient (Wildman–Crippen LogP) is 3.07. The number of benzene rings is 1. The highest BCUT2D eigenvalue weighted by molar-refractivity contribution is 9.10. The minimum atomic E-state index is -4.66. The Morgan fingerprint density at radius 1 is 1.33 bits per heavy atom. The Balaban J connectivity index is 2.88. The van der Waals surface area contributed by atoms with Crippen molar-refractivity contribution in [2.75, 3.05) is 7.05 Å². The van der Waals surface area contributed by atoms with Crippen molar-refractivity contribution in [2.24, 2.45) is 0 Å². The van der Waals surface area contributed by atoms with Crippen molar-refractivity contribution in [3.8, 4) is 5.75 Å². The first-order valence-corrected chi connectivity index (χ1v) is 4.90. The van der Waals surface area contributed by atoms with E-state index in [1.54, 1.807) is 13.1 Å². The summed E-state index contributed by atoms with van der Waals surface area (Å²) >= 11 is 3.12. The van der Waals surface area contributed by atoms with Crippen LogP contribution in [0.4, 0.5) is 13.2 Å². The van der Waals surface area contributed by atoms with E-state index in [4.69, 9.17) is 0 Å². The average Bonchev–Trinajstić information content (AvgIpc) is 1.99. The maximum Gasteiger partial charge on any atom is 0.573 e. The molecule has 0 saturated carbocycles. The summed E-state index contributed by atoms with van der Waals surface area (Å²) in [4.78, 5) is 0. The lowest BCUT2D eigenvalue weighted by Gasteiger charge is -2.10. The van der Waals surface area contributed by atoms with E-state index in [1.807, 2.05) is 0 Å². The van der Waals surface area contributed by atoms with E-state index in [9.17, 15) is 13.2 Å². The standard InChI is InChI=1S/C9H9BrF3NO/c1-14-5-6-2-7(10)4-8(3-6)15-9(11,12)13/h2-4,14H,5H2,1H3. The number of alkyl halides is 3. The Morgan fingerprint density at radius 2 is 2.00 bits per heavy atom. The van der Waals surface area contributed by atoms with Crippen molar-refractivity contribution in [3.05, 3.63) is 28.2 Å². The molecule has 1 N–H and O–H groups in total. The van der Waals surface area contributed by atoms with Gasteiger partial charge in [0.05, 0.1) is 0 Å². The third-order valence-electron chi connectivity index (χ3n) is 1.55. The first-order chi connectivity index (χ1) is 6.90. The minimum absolute atomic E-state index is 0.220. The van der Waals surface area contributed by atoms with Crippen LogP contribution in [0.1, 0.15) is 5.56 Å². The molecule has 0 spiro atoms. The number of nitrogens with one attached hydrogen (secondary N) is 1. The third-order valence-corrected chi connectivity index (χ3v) is 2.00. The third kappa shape index (κ3) is 4.53. The van der Waals surface area contributed by atoms with Crippen LogP contribution in [0.5, 0.6) is 5.75 Å². The monoisotopic (exact) mass is 283 g/mol. The van der Waals surface area contributed by atoms with Crippen molar-refractivity contribution >= 4 is 15.9 Å². The topological polar surface area (TPSA) is 21.3 Å². The van der Waals surface area contributed by atoms with Crippen LogP contribution in [-0.4, -0.2) is 13.4 Å². The van der Waals surface area contributed by atoms with Crippen molar-refractivity contribution in [2.45, 2.75) is 12.9 Å². The lowest BCUT2D eigenvalue weighted by Crippen LogP contribution is -2.17. The van der Waals surface area contributed by atoms with Gasteiger partial charge in [0.25, 0.3) is 0 Å². The van der Waals surface area contributed by atoms with Crippen LogP contribution in [-0.2, 0) is 6.54 Å². The Bertz CT molecular complexity index is 341. The molecule has 84 valence electrons. The molecule has 0 aliphatic heterocycles. The smallest absolute Gasteiger partial charge is 0.406 e. The van der Waals surface area contributed by atoms with Gasteiger partial charge in [0.15, 0.2) is 0 Å². The molecule has 0 atom stereocenters. The molecule has 0 unspecified atom stereocenters. The zero-order valence-corrected chi connectivity index (χ0v) is 9.45. The number of ether oxygens (including phenoxy) is 1. The maximum atomic E-state index is 11.9. The Labute approximate surface area is 93.6 Å². The molecule has 0 aromatic heterocycles. The van der Waals surface area contributed by atoms with Crippen LogP contribution in [0, 0.1) is 0 Å². The zero-order valence-electron chi connectivity index (χ0n) is 7.86.